The van der Waals surface area contributed by atoms with Gasteiger partial charge in [-0.15, -0.1) is 0 Å². The van der Waals surface area contributed by atoms with Crippen LogP contribution in [0, 0.1) is 0 Å². The van der Waals surface area contributed by atoms with E-state index >= 15 is 0 Å². The summed E-state index contributed by atoms with van der Waals surface area (Å²) in [6.07, 6.45) is -1.02. The summed E-state index contributed by atoms with van der Waals surface area (Å²) in [4.78, 5) is 47.8. The highest BCUT2D eigenvalue weighted by Gasteiger charge is 2.29. The van der Waals surface area contributed by atoms with Gasteiger partial charge in [-0.3, -0.25) is 19.3 Å². The Kier molecular flexibility index (Phi) is 6.54. The summed E-state index contributed by atoms with van der Waals surface area (Å²) >= 11 is 0.927. The fourth-order valence-corrected chi connectivity index (χ4v) is 2.81. The molecular weight excluding hydrogens is 348 g/mol. The van der Waals surface area contributed by atoms with E-state index in [9.17, 15) is 19.2 Å². The number of ether oxygens (including phenoxy) is 1. The van der Waals surface area contributed by atoms with E-state index in [-0.39, 0.29) is 42.2 Å². The third kappa shape index (κ3) is 5.04. The molecule has 2 N–H and O–H groups in total. The fraction of sp³-hybridized carbons (Fsp3) is 0.375. The molecule has 0 radical (unpaired) electrons. The summed E-state index contributed by atoms with van der Waals surface area (Å²) in [7, 11) is 0. The van der Waals surface area contributed by atoms with E-state index in [4.69, 9.17) is 9.84 Å². The maximum absolute atomic E-state index is 12.0. The van der Waals surface area contributed by atoms with E-state index in [1.54, 1.807) is 12.1 Å². The number of imide groups is 1. The van der Waals surface area contributed by atoms with Crippen molar-refractivity contribution in [2.75, 3.05) is 18.8 Å². The maximum atomic E-state index is 12.0. The lowest BCUT2D eigenvalue weighted by Crippen LogP contribution is -2.41. The van der Waals surface area contributed by atoms with Crippen LogP contribution in [0.4, 0.5) is 4.79 Å². The van der Waals surface area contributed by atoms with Crippen LogP contribution in [0.3, 0.4) is 0 Å². The number of carbonyl (C=O) groups excluding carboxylic acids is 4. The van der Waals surface area contributed by atoms with Crippen LogP contribution in [0.25, 0.3) is 0 Å². The zero-order chi connectivity index (χ0) is 18.4. The second-order valence-corrected chi connectivity index (χ2v) is 6.22. The van der Waals surface area contributed by atoms with Gasteiger partial charge in [-0.05, 0) is 24.6 Å². The number of aliphatic hydroxyl groups is 1. The number of rotatable bonds is 7. The third-order valence-electron chi connectivity index (χ3n) is 3.50. The van der Waals surface area contributed by atoms with Crippen LogP contribution in [0.1, 0.15) is 22.8 Å². The first kappa shape index (κ1) is 18.9. The summed E-state index contributed by atoms with van der Waals surface area (Å²) in [5.74, 6) is -1.34. The second kappa shape index (κ2) is 8.63. The Morgan fingerprint density at radius 1 is 1.32 bits per heavy atom. The Labute approximate surface area is 148 Å². The molecular formula is C16H18N2O6S. The lowest BCUT2D eigenvalue weighted by atomic mass is 10.1. The second-order valence-electron chi connectivity index (χ2n) is 5.29. The largest absolute Gasteiger partial charge is 0.449 e. The van der Waals surface area contributed by atoms with Crippen molar-refractivity contribution in [1.29, 1.82) is 0 Å². The number of aliphatic hydroxyl groups excluding tert-OH is 1. The van der Waals surface area contributed by atoms with Gasteiger partial charge in [0.15, 0.2) is 6.10 Å². The first-order chi connectivity index (χ1) is 11.9. The molecule has 1 aromatic rings. The molecule has 0 aliphatic carbocycles. The molecule has 0 bridgehead atoms. The van der Waals surface area contributed by atoms with Gasteiger partial charge in [-0.2, -0.15) is 0 Å². The zero-order valence-electron chi connectivity index (χ0n) is 13.6. The summed E-state index contributed by atoms with van der Waals surface area (Å²) in [6.45, 7) is 1.47. The number of hydrogen-bond acceptors (Lipinski definition) is 7. The summed E-state index contributed by atoms with van der Waals surface area (Å²) in [5, 5.41) is 11.2. The van der Waals surface area contributed by atoms with Crippen molar-refractivity contribution < 1.29 is 29.0 Å². The minimum absolute atomic E-state index is 0.0830. The van der Waals surface area contributed by atoms with Gasteiger partial charge < -0.3 is 15.2 Å². The molecule has 1 aliphatic rings. The molecule has 25 heavy (non-hydrogen) atoms. The Bertz CT molecular complexity index is 660. The van der Waals surface area contributed by atoms with Crippen LogP contribution in [-0.4, -0.2) is 58.0 Å². The predicted octanol–water partition coefficient (Wildman–Crippen LogP) is 0.536. The molecule has 1 atom stereocenters. The number of thioether (sulfide) groups is 1. The lowest BCUT2D eigenvalue weighted by Gasteiger charge is -2.16. The van der Waals surface area contributed by atoms with E-state index < -0.39 is 18.0 Å². The quantitative estimate of drug-likeness (QED) is 0.677. The van der Waals surface area contributed by atoms with Crippen molar-refractivity contribution in [1.82, 2.24) is 10.2 Å². The SMILES string of the molecule is C[C@H](OC(=O)c1ccc(CO)cc1)C(=O)NCCN1C(=O)CSC1=O. The summed E-state index contributed by atoms with van der Waals surface area (Å²) < 4.78 is 5.07. The van der Waals surface area contributed by atoms with Crippen molar-refractivity contribution in [3.05, 3.63) is 35.4 Å². The molecule has 0 saturated carbocycles. The van der Waals surface area contributed by atoms with Gasteiger partial charge in [0.2, 0.25) is 5.91 Å². The first-order valence-electron chi connectivity index (χ1n) is 7.58. The number of nitrogens with one attached hydrogen (secondary N) is 1. The Morgan fingerprint density at radius 3 is 2.56 bits per heavy atom. The van der Waals surface area contributed by atoms with Crippen molar-refractivity contribution in [3.8, 4) is 0 Å². The molecule has 9 heteroatoms. The van der Waals surface area contributed by atoms with Crippen molar-refractivity contribution >= 4 is 34.8 Å². The molecule has 0 aromatic heterocycles. The smallest absolute Gasteiger partial charge is 0.338 e. The van der Waals surface area contributed by atoms with Crippen molar-refractivity contribution in [2.45, 2.75) is 19.6 Å². The van der Waals surface area contributed by atoms with Gasteiger partial charge in [-0.1, -0.05) is 23.9 Å². The summed E-state index contributed by atoms with van der Waals surface area (Å²) in [5.41, 5.74) is 0.925. The van der Waals surface area contributed by atoms with Gasteiger partial charge in [-0.25, -0.2) is 4.79 Å². The molecule has 1 saturated heterocycles. The maximum Gasteiger partial charge on any atom is 0.338 e. The molecule has 2 rings (SSSR count). The van der Waals surface area contributed by atoms with Crippen molar-refractivity contribution in [2.24, 2.45) is 0 Å². The third-order valence-corrected chi connectivity index (χ3v) is 4.36. The molecule has 1 fully saturated rings. The number of benzene rings is 1. The lowest BCUT2D eigenvalue weighted by molar-refractivity contribution is -0.130. The van der Waals surface area contributed by atoms with Gasteiger partial charge >= 0.3 is 5.97 Å². The molecule has 1 aliphatic heterocycles. The van der Waals surface area contributed by atoms with Gasteiger partial charge in [0.05, 0.1) is 17.9 Å². The van der Waals surface area contributed by atoms with Crippen LogP contribution in [0.2, 0.25) is 0 Å². The van der Waals surface area contributed by atoms with Crippen LogP contribution in [0.5, 0.6) is 0 Å². The number of esters is 1. The average molecular weight is 366 g/mol. The molecule has 1 aromatic carbocycles. The Morgan fingerprint density at radius 2 is 2.00 bits per heavy atom. The van der Waals surface area contributed by atoms with Crippen LogP contribution < -0.4 is 5.32 Å². The van der Waals surface area contributed by atoms with E-state index in [1.165, 1.54) is 19.1 Å². The molecule has 3 amide bonds. The minimum atomic E-state index is -1.02. The van der Waals surface area contributed by atoms with Gasteiger partial charge in [0, 0.05) is 13.1 Å². The summed E-state index contributed by atoms with van der Waals surface area (Å²) in [6, 6.07) is 6.17. The molecule has 1 heterocycles. The van der Waals surface area contributed by atoms with E-state index in [2.05, 4.69) is 5.32 Å². The minimum Gasteiger partial charge on any atom is -0.449 e. The Hall–Kier alpha value is -2.39. The highest BCUT2D eigenvalue weighted by Crippen LogP contribution is 2.17. The fourth-order valence-electron chi connectivity index (χ4n) is 2.06. The highest BCUT2D eigenvalue weighted by molar-refractivity contribution is 8.14. The van der Waals surface area contributed by atoms with E-state index in [1.807, 2.05) is 0 Å². The number of amides is 3. The normalized spacial score (nSPS) is 15.2. The van der Waals surface area contributed by atoms with Gasteiger partial charge in [0.1, 0.15) is 0 Å². The van der Waals surface area contributed by atoms with Gasteiger partial charge in [0.25, 0.3) is 11.1 Å². The first-order valence-corrected chi connectivity index (χ1v) is 8.56. The topological polar surface area (TPSA) is 113 Å². The molecule has 8 nitrogen and oxygen atoms in total. The number of carbonyl (C=O) groups is 4. The Balaban J connectivity index is 1.78. The molecule has 0 spiro atoms. The molecule has 0 unspecified atom stereocenters. The van der Waals surface area contributed by atoms with Crippen LogP contribution >= 0.6 is 11.8 Å². The average Bonchev–Trinajstić information content (AvgIpc) is 2.93. The van der Waals surface area contributed by atoms with Crippen LogP contribution in [-0.2, 0) is 20.9 Å². The highest BCUT2D eigenvalue weighted by atomic mass is 32.2. The number of nitrogens with zero attached hydrogens (tertiary/aromatic N) is 1. The molecule has 134 valence electrons. The van der Waals surface area contributed by atoms with Crippen LogP contribution in [0.15, 0.2) is 24.3 Å². The van der Waals surface area contributed by atoms with E-state index in [0.29, 0.717) is 5.56 Å². The zero-order valence-corrected chi connectivity index (χ0v) is 14.4. The monoisotopic (exact) mass is 366 g/mol. The standard InChI is InChI=1S/C16H18N2O6S/c1-10(24-15(22)12-4-2-11(8-19)3-5-12)14(21)17-6-7-18-13(20)9-25-16(18)23/h2-5,10,19H,6-9H2,1H3,(H,17,21)/t10-/m0/s1. The number of hydrogen-bond donors (Lipinski definition) is 2. The van der Waals surface area contributed by atoms with Crippen molar-refractivity contribution in [3.63, 3.8) is 0 Å². The van der Waals surface area contributed by atoms with E-state index in [0.717, 1.165) is 16.7 Å². The predicted molar refractivity (Wildman–Crippen MR) is 89.8 cm³/mol.